The lowest BCUT2D eigenvalue weighted by atomic mass is 9.79. The lowest BCUT2D eigenvalue weighted by molar-refractivity contribution is 0.255. The molecule has 100 valence electrons. The number of hydrogen-bond donors (Lipinski definition) is 4. The van der Waals surface area contributed by atoms with E-state index in [1.54, 1.807) is 0 Å². The fraction of sp³-hybridized carbons (Fsp3) is 0.667. The Kier molecular flexibility index (Phi) is 4.19. The normalized spacial score (nSPS) is 23.8. The maximum absolute atomic E-state index is 11.3. The van der Waals surface area contributed by atoms with Gasteiger partial charge in [0, 0.05) is 6.54 Å². The fourth-order valence-electron chi connectivity index (χ4n) is 2.64. The van der Waals surface area contributed by atoms with E-state index in [4.69, 9.17) is 11.5 Å². The molecule has 6 nitrogen and oxygen atoms in total. The summed E-state index contributed by atoms with van der Waals surface area (Å²) in [5.41, 5.74) is 11.3. The molecule has 6 N–H and O–H groups in total. The van der Waals surface area contributed by atoms with E-state index in [1.807, 2.05) is 0 Å². The number of nitrogens with one attached hydrogen (secondary N) is 2. The van der Waals surface area contributed by atoms with Crippen LogP contribution in [0.5, 0.6) is 0 Å². The smallest absolute Gasteiger partial charge is 0.276 e. The molecule has 1 heterocycles. The van der Waals surface area contributed by atoms with Crippen molar-refractivity contribution < 1.29 is 0 Å². The van der Waals surface area contributed by atoms with Gasteiger partial charge in [0.25, 0.3) is 5.56 Å². The summed E-state index contributed by atoms with van der Waals surface area (Å²) in [4.78, 5) is 17.8. The van der Waals surface area contributed by atoms with Gasteiger partial charge in [0.1, 0.15) is 5.69 Å². The van der Waals surface area contributed by atoms with E-state index in [9.17, 15) is 4.79 Å². The minimum atomic E-state index is -0.300. The number of nitrogen functional groups attached to an aromatic ring is 1. The van der Waals surface area contributed by atoms with Crippen LogP contribution in [0.25, 0.3) is 0 Å². The van der Waals surface area contributed by atoms with Crippen LogP contribution in [-0.4, -0.2) is 23.1 Å². The Hall–Kier alpha value is -1.56. The van der Waals surface area contributed by atoms with Gasteiger partial charge in [0.15, 0.2) is 5.82 Å². The SMILES string of the molecule is NCC1CCCCC1CNc1nc[nH]c(=O)c1N. The van der Waals surface area contributed by atoms with Crippen molar-refractivity contribution in [3.05, 3.63) is 16.7 Å². The Morgan fingerprint density at radius 2 is 2.11 bits per heavy atom. The van der Waals surface area contributed by atoms with Gasteiger partial charge in [-0.25, -0.2) is 4.98 Å². The molecule has 1 aliphatic carbocycles. The Morgan fingerprint density at radius 1 is 1.39 bits per heavy atom. The first-order chi connectivity index (χ1) is 8.72. The molecule has 0 saturated heterocycles. The molecule has 1 aromatic heterocycles. The molecule has 1 aliphatic rings. The summed E-state index contributed by atoms with van der Waals surface area (Å²) in [7, 11) is 0. The summed E-state index contributed by atoms with van der Waals surface area (Å²) in [5, 5.41) is 3.18. The molecule has 0 spiro atoms. The van der Waals surface area contributed by atoms with E-state index in [-0.39, 0.29) is 11.2 Å². The fourth-order valence-corrected chi connectivity index (χ4v) is 2.64. The standard InChI is InChI=1S/C12H21N5O/c13-5-8-3-1-2-4-9(8)6-15-11-10(14)12(18)17-7-16-11/h7-9H,1-6,13-14H2,(H2,15,16,17,18). The van der Waals surface area contributed by atoms with Crippen molar-refractivity contribution in [1.29, 1.82) is 0 Å². The van der Waals surface area contributed by atoms with Crippen LogP contribution in [0.3, 0.4) is 0 Å². The number of aromatic nitrogens is 2. The summed E-state index contributed by atoms with van der Waals surface area (Å²) < 4.78 is 0. The number of H-pyrrole nitrogens is 1. The van der Waals surface area contributed by atoms with Gasteiger partial charge in [-0.15, -0.1) is 0 Å². The van der Waals surface area contributed by atoms with Crippen molar-refractivity contribution in [3.63, 3.8) is 0 Å². The van der Waals surface area contributed by atoms with Crippen LogP contribution < -0.4 is 22.3 Å². The highest BCUT2D eigenvalue weighted by Gasteiger charge is 2.23. The zero-order valence-electron chi connectivity index (χ0n) is 10.5. The lowest BCUT2D eigenvalue weighted by Gasteiger charge is -2.30. The molecule has 2 unspecified atom stereocenters. The van der Waals surface area contributed by atoms with Gasteiger partial charge >= 0.3 is 0 Å². The van der Waals surface area contributed by atoms with Gasteiger partial charge < -0.3 is 21.8 Å². The highest BCUT2D eigenvalue weighted by atomic mass is 16.1. The molecule has 2 rings (SSSR count). The van der Waals surface area contributed by atoms with Crippen molar-refractivity contribution in [2.75, 3.05) is 24.1 Å². The highest BCUT2D eigenvalue weighted by Crippen LogP contribution is 2.29. The first-order valence-electron chi connectivity index (χ1n) is 6.49. The van der Waals surface area contributed by atoms with Gasteiger partial charge in [-0.1, -0.05) is 12.8 Å². The predicted molar refractivity (Wildman–Crippen MR) is 72.3 cm³/mol. The molecule has 0 aliphatic heterocycles. The van der Waals surface area contributed by atoms with Crippen LogP contribution in [-0.2, 0) is 0 Å². The van der Waals surface area contributed by atoms with Gasteiger partial charge in [-0.2, -0.15) is 0 Å². The third-order valence-corrected chi connectivity index (χ3v) is 3.79. The van der Waals surface area contributed by atoms with E-state index in [0.717, 1.165) is 13.1 Å². The second-order valence-corrected chi connectivity index (χ2v) is 4.92. The Morgan fingerprint density at radius 3 is 2.83 bits per heavy atom. The Balaban J connectivity index is 1.98. The maximum atomic E-state index is 11.3. The van der Waals surface area contributed by atoms with Gasteiger partial charge in [0.2, 0.25) is 0 Å². The average Bonchev–Trinajstić information content (AvgIpc) is 2.41. The molecule has 6 heteroatoms. The zero-order valence-corrected chi connectivity index (χ0v) is 10.5. The number of aromatic amines is 1. The lowest BCUT2D eigenvalue weighted by Crippen LogP contribution is -2.32. The Bertz CT molecular complexity index is 444. The molecule has 2 atom stereocenters. The summed E-state index contributed by atoms with van der Waals surface area (Å²) in [6.45, 7) is 1.51. The van der Waals surface area contributed by atoms with Crippen LogP contribution in [0.15, 0.2) is 11.1 Å². The Labute approximate surface area is 106 Å². The van der Waals surface area contributed by atoms with E-state index >= 15 is 0 Å². The van der Waals surface area contributed by atoms with Crippen molar-refractivity contribution in [2.45, 2.75) is 25.7 Å². The van der Waals surface area contributed by atoms with Crippen molar-refractivity contribution in [3.8, 4) is 0 Å². The first kappa shape index (κ1) is 12.9. The number of nitrogens with zero attached hydrogens (tertiary/aromatic N) is 1. The van der Waals surface area contributed by atoms with E-state index < -0.39 is 0 Å². The summed E-state index contributed by atoms with van der Waals surface area (Å²) >= 11 is 0. The van der Waals surface area contributed by atoms with Crippen molar-refractivity contribution >= 4 is 11.5 Å². The van der Waals surface area contributed by atoms with Gasteiger partial charge in [0.05, 0.1) is 6.33 Å². The van der Waals surface area contributed by atoms with Crippen LogP contribution in [0.1, 0.15) is 25.7 Å². The summed E-state index contributed by atoms with van der Waals surface area (Å²) in [5.74, 6) is 1.58. The van der Waals surface area contributed by atoms with Crippen LogP contribution in [0, 0.1) is 11.8 Å². The summed E-state index contributed by atoms with van der Waals surface area (Å²) in [6, 6.07) is 0. The number of hydrogen-bond acceptors (Lipinski definition) is 5. The third kappa shape index (κ3) is 2.81. The largest absolute Gasteiger partial charge is 0.391 e. The molecule has 18 heavy (non-hydrogen) atoms. The van der Waals surface area contributed by atoms with Crippen LogP contribution in [0.4, 0.5) is 11.5 Å². The average molecular weight is 251 g/mol. The van der Waals surface area contributed by atoms with Crippen molar-refractivity contribution in [2.24, 2.45) is 17.6 Å². The predicted octanol–water partition coefficient (Wildman–Crippen LogP) is 0.529. The second-order valence-electron chi connectivity index (χ2n) is 4.92. The van der Waals surface area contributed by atoms with E-state index in [2.05, 4.69) is 15.3 Å². The minimum absolute atomic E-state index is 0.151. The minimum Gasteiger partial charge on any atom is -0.391 e. The zero-order chi connectivity index (χ0) is 13.0. The van der Waals surface area contributed by atoms with Gasteiger partial charge in [-0.3, -0.25) is 4.79 Å². The first-order valence-corrected chi connectivity index (χ1v) is 6.49. The van der Waals surface area contributed by atoms with Crippen LogP contribution >= 0.6 is 0 Å². The maximum Gasteiger partial charge on any atom is 0.276 e. The van der Waals surface area contributed by atoms with E-state index in [0.29, 0.717) is 17.7 Å². The number of rotatable bonds is 4. The monoisotopic (exact) mass is 251 g/mol. The van der Waals surface area contributed by atoms with Crippen LogP contribution in [0.2, 0.25) is 0 Å². The molecule has 1 saturated carbocycles. The molecule has 0 amide bonds. The van der Waals surface area contributed by atoms with Gasteiger partial charge in [-0.05, 0) is 31.2 Å². The number of nitrogens with two attached hydrogens (primary N) is 2. The second kappa shape index (κ2) is 5.86. The topological polar surface area (TPSA) is 110 Å². The quantitative estimate of drug-likeness (QED) is 0.624. The molecule has 0 radical (unpaired) electrons. The molecule has 1 fully saturated rings. The number of anilines is 2. The summed E-state index contributed by atoms with van der Waals surface area (Å²) in [6.07, 6.45) is 6.26. The van der Waals surface area contributed by atoms with Crippen molar-refractivity contribution in [1.82, 2.24) is 9.97 Å². The molecule has 1 aromatic rings. The highest BCUT2D eigenvalue weighted by molar-refractivity contribution is 5.58. The molecular weight excluding hydrogens is 230 g/mol. The molecule has 0 aromatic carbocycles. The molecule has 0 bridgehead atoms. The van der Waals surface area contributed by atoms with E-state index in [1.165, 1.54) is 32.0 Å². The molecular formula is C12H21N5O. The third-order valence-electron chi connectivity index (χ3n) is 3.79.